The van der Waals surface area contributed by atoms with Crippen LogP contribution in [0, 0.1) is 11.2 Å². The summed E-state index contributed by atoms with van der Waals surface area (Å²) >= 11 is 0. The average Bonchev–Trinajstić information content (AvgIpc) is 2.31. The van der Waals surface area contributed by atoms with Gasteiger partial charge in [-0.15, -0.1) is 0 Å². The number of benzene rings is 1. The van der Waals surface area contributed by atoms with Crippen molar-refractivity contribution < 1.29 is 14.0 Å². The van der Waals surface area contributed by atoms with Crippen LogP contribution in [0.15, 0.2) is 24.3 Å². The molecule has 1 aromatic rings. The van der Waals surface area contributed by atoms with Crippen molar-refractivity contribution in [3.63, 3.8) is 0 Å². The minimum Gasteiger partial charge on any atom is -0.299 e. The molecule has 0 aliphatic heterocycles. The maximum atomic E-state index is 12.8. The van der Waals surface area contributed by atoms with E-state index >= 15 is 0 Å². The molecule has 0 N–H and O–H groups in total. The normalized spacial score (nSPS) is 11.3. The predicted octanol–water partition coefficient (Wildman–Crippen LogP) is 3.33. The molecule has 0 saturated carbocycles. The smallest absolute Gasteiger partial charge is 0.146 e. The lowest BCUT2D eigenvalue weighted by Gasteiger charge is -2.22. The third-order valence-electron chi connectivity index (χ3n) is 3.07. The van der Waals surface area contributed by atoms with Crippen molar-refractivity contribution >= 4 is 11.6 Å². The zero-order valence-electron chi connectivity index (χ0n) is 11.1. The summed E-state index contributed by atoms with van der Waals surface area (Å²) < 4.78 is 12.8. The van der Waals surface area contributed by atoms with E-state index in [9.17, 15) is 14.0 Å². The third kappa shape index (κ3) is 4.06. The molecule has 18 heavy (non-hydrogen) atoms. The number of rotatable bonds is 6. The van der Waals surface area contributed by atoms with E-state index in [1.165, 1.54) is 12.1 Å². The standard InChI is InChI=1S/C15H19FO2/c1-4-13(17)9-14(18)15(2,3)10-11-5-7-12(16)8-6-11/h5-8H,4,9-10H2,1-3H3. The van der Waals surface area contributed by atoms with E-state index < -0.39 is 5.41 Å². The number of carbonyl (C=O) groups is 2. The minimum atomic E-state index is -0.595. The first kappa shape index (κ1) is 14.6. The van der Waals surface area contributed by atoms with Crippen molar-refractivity contribution in [2.75, 3.05) is 0 Å². The number of Topliss-reactive ketones (excluding diaryl/α,β-unsaturated/α-hetero) is 2. The molecule has 0 bridgehead atoms. The van der Waals surface area contributed by atoms with Crippen molar-refractivity contribution in [1.82, 2.24) is 0 Å². The first-order valence-electron chi connectivity index (χ1n) is 6.14. The number of hydrogen-bond donors (Lipinski definition) is 0. The Hall–Kier alpha value is -1.51. The molecular weight excluding hydrogens is 231 g/mol. The highest BCUT2D eigenvalue weighted by molar-refractivity contribution is 6.01. The van der Waals surface area contributed by atoms with E-state index in [-0.39, 0.29) is 23.8 Å². The summed E-state index contributed by atoms with van der Waals surface area (Å²) in [5.74, 6) is -0.380. The van der Waals surface area contributed by atoms with E-state index in [4.69, 9.17) is 0 Å². The predicted molar refractivity (Wildman–Crippen MR) is 68.8 cm³/mol. The highest BCUT2D eigenvalue weighted by atomic mass is 19.1. The molecule has 1 rings (SSSR count). The maximum absolute atomic E-state index is 12.8. The van der Waals surface area contributed by atoms with Gasteiger partial charge in [0.25, 0.3) is 0 Å². The summed E-state index contributed by atoms with van der Waals surface area (Å²) in [6.07, 6.45) is 0.895. The van der Waals surface area contributed by atoms with Gasteiger partial charge in [0.2, 0.25) is 0 Å². The Morgan fingerprint density at radius 3 is 2.22 bits per heavy atom. The van der Waals surface area contributed by atoms with E-state index in [1.807, 2.05) is 13.8 Å². The topological polar surface area (TPSA) is 34.1 Å². The zero-order valence-corrected chi connectivity index (χ0v) is 11.1. The monoisotopic (exact) mass is 250 g/mol. The van der Waals surface area contributed by atoms with Crippen LogP contribution in [-0.4, -0.2) is 11.6 Å². The summed E-state index contributed by atoms with van der Waals surface area (Å²) in [5.41, 5.74) is 0.307. The first-order chi connectivity index (χ1) is 8.35. The van der Waals surface area contributed by atoms with Crippen molar-refractivity contribution in [2.45, 2.75) is 40.0 Å². The SMILES string of the molecule is CCC(=O)CC(=O)C(C)(C)Cc1ccc(F)cc1. The first-order valence-corrected chi connectivity index (χ1v) is 6.14. The molecule has 0 unspecified atom stereocenters. The largest absolute Gasteiger partial charge is 0.299 e. The molecule has 3 heteroatoms. The minimum absolute atomic E-state index is 0.00923. The average molecular weight is 250 g/mol. The quantitative estimate of drug-likeness (QED) is 0.726. The Kier molecular flexibility index (Phi) is 4.76. The second-order valence-corrected chi connectivity index (χ2v) is 5.18. The number of hydrogen-bond acceptors (Lipinski definition) is 2. The van der Waals surface area contributed by atoms with Gasteiger partial charge in [0.1, 0.15) is 17.4 Å². The lowest BCUT2D eigenvalue weighted by atomic mass is 9.80. The van der Waals surface area contributed by atoms with Gasteiger partial charge in [-0.2, -0.15) is 0 Å². The van der Waals surface area contributed by atoms with Gasteiger partial charge in [-0.3, -0.25) is 9.59 Å². The molecule has 0 aliphatic rings. The molecule has 0 radical (unpaired) electrons. The maximum Gasteiger partial charge on any atom is 0.146 e. The zero-order chi connectivity index (χ0) is 13.8. The lowest BCUT2D eigenvalue weighted by Crippen LogP contribution is -2.28. The molecule has 0 saturated heterocycles. The Balaban J connectivity index is 2.71. The van der Waals surface area contributed by atoms with Crippen LogP contribution in [-0.2, 0) is 16.0 Å². The van der Waals surface area contributed by atoms with Gasteiger partial charge in [0.05, 0.1) is 6.42 Å². The molecule has 0 amide bonds. The molecule has 0 aromatic heterocycles. The van der Waals surface area contributed by atoms with Gasteiger partial charge < -0.3 is 0 Å². The molecule has 0 heterocycles. The number of carbonyl (C=O) groups excluding carboxylic acids is 2. The van der Waals surface area contributed by atoms with E-state index in [0.717, 1.165) is 5.56 Å². The van der Waals surface area contributed by atoms with Crippen molar-refractivity contribution in [2.24, 2.45) is 5.41 Å². The van der Waals surface area contributed by atoms with Crippen molar-refractivity contribution in [3.8, 4) is 0 Å². The third-order valence-corrected chi connectivity index (χ3v) is 3.07. The Morgan fingerprint density at radius 1 is 1.17 bits per heavy atom. The van der Waals surface area contributed by atoms with Crippen LogP contribution >= 0.6 is 0 Å². The molecule has 0 aliphatic carbocycles. The second kappa shape index (κ2) is 5.89. The number of ketones is 2. The van der Waals surface area contributed by atoms with Crippen LogP contribution in [0.1, 0.15) is 39.2 Å². The van der Waals surface area contributed by atoms with E-state index in [1.54, 1.807) is 19.1 Å². The summed E-state index contributed by atoms with van der Waals surface area (Å²) in [5, 5.41) is 0. The molecular formula is C15H19FO2. The van der Waals surface area contributed by atoms with Crippen LogP contribution in [0.3, 0.4) is 0 Å². The van der Waals surface area contributed by atoms with Gasteiger partial charge in [-0.05, 0) is 24.1 Å². The fourth-order valence-corrected chi connectivity index (χ4v) is 1.75. The second-order valence-electron chi connectivity index (χ2n) is 5.18. The van der Waals surface area contributed by atoms with E-state index in [2.05, 4.69) is 0 Å². The van der Waals surface area contributed by atoms with Gasteiger partial charge in [-0.1, -0.05) is 32.9 Å². The molecule has 0 fully saturated rings. The van der Waals surface area contributed by atoms with Crippen LogP contribution in [0.2, 0.25) is 0 Å². The van der Waals surface area contributed by atoms with Gasteiger partial charge in [0, 0.05) is 11.8 Å². The summed E-state index contributed by atoms with van der Waals surface area (Å²) in [7, 11) is 0. The summed E-state index contributed by atoms with van der Waals surface area (Å²) in [6, 6.07) is 6.11. The van der Waals surface area contributed by atoms with Gasteiger partial charge in [-0.25, -0.2) is 4.39 Å². The van der Waals surface area contributed by atoms with E-state index in [0.29, 0.717) is 12.8 Å². The van der Waals surface area contributed by atoms with Crippen LogP contribution in [0.4, 0.5) is 4.39 Å². The highest BCUT2D eigenvalue weighted by Crippen LogP contribution is 2.25. The molecule has 0 atom stereocenters. The Labute approximate surface area is 107 Å². The Morgan fingerprint density at radius 2 is 1.72 bits per heavy atom. The number of halogens is 1. The van der Waals surface area contributed by atoms with Gasteiger partial charge in [0.15, 0.2) is 0 Å². The molecule has 2 nitrogen and oxygen atoms in total. The van der Waals surface area contributed by atoms with Gasteiger partial charge >= 0.3 is 0 Å². The molecule has 0 spiro atoms. The summed E-state index contributed by atoms with van der Waals surface area (Å²) in [6.45, 7) is 5.39. The Bertz CT molecular complexity index is 432. The lowest BCUT2D eigenvalue weighted by molar-refractivity contribution is -0.132. The highest BCUT2D eigenvalue weighted by Gasteiger charge is 2.28. The molecule has 1 aromatic carbocycles. The fraction of sp³-hybridized carbons (Fsp3) is 0.467. The molecule has 98 valence electrons. The van der Waals surface area contributed by atoms with Crippen LogP contribution < -0.4 is 0 Å². The van der Waals surface area contributed by atoms with Crippen LogP contribution in [0.25, 0.3) is 0 Å². The van der Waals surface area contributed by atoms with Crippen LogP contribution in [0.5, 0.6) is 0 Å². The van der Waals surface area contributed by atoms with Crippen molar-refractivity contribution in [1.29, 1.82) is 0 Å². The fourth-order valence-electron chi connectivity index (χ4n) is 1.75. The van der Waals surface area contributed by atoms with Crippen molar-refractivity contribution in [3.05, 3.63) is 35.6 Å². The summed E-state index contributed by atoms with van der Waals surface area (Å²) in [4.78, 5) is 23.3.